The summed E-state index contributed by atoms with van der Waals surface area (Å²) in [5.41, 5.74) is 0. The summed E-state index contributed by atoms with van der Waals surface area (Å²) in [4.78, 5) is 14.6. The molecule has 0 atom stereocenters. The van der Waals surface area contributed by atoms with E-state index < -0.39 is 0 Å². The van der Waals surface area contributed by atoms with Crippen LogP contribution in [0.25, 0.3) is 0 Å². The van der Waals surface area contributed by atoms with E-state index in [9.17, 15) is 0 Å². The van der Waals surface area contributed by atoms with E-state index in [1.165, 1.54) is 0 Å². The lowest BCUT2D eigenvalue weighted by atomic mass is 10.3. The molecule has 1 N–H and O–H groups in total. The minimum absolute atomic E-state index is 0.243. The second kappa shape index (κ2) is 7.04. The third-order valence-electron chi connectivity index (χ3n) is 2.43. The van der Waals surface area contributed by atoms with Crippen LogP contribution < -0.4 is 15.0 Å². The number of hydrogen-bond acceptors (Lipinski definition) is 6. The number of ether oxygens (including phenoxy) is 1. The van der Waals surface area contributed by atoms with Crippen LogP contribution in [0, 0.1) is 0 Å². The number of hydrogen-bond donors (Lipinski definition) is 1. The normalized spacial score (nSPS) is 10.3. The van der Waals surface area contributed by atoms with Crippen LogP contribution >= 0.6 is 31.9 Å². The molecule has 0 fully saturated rings. The molecule has 0 spiro atoms. The summed E-state index contributed by atoms with van der Waals surface area (Å²) in [5.74, 6) is 1.65. The van der Waals surface area contributed by atoms with Gasteiger partial charge >= 0.3 is 6.01 Å². The quantitative estimate of drug-likeness (QED) is 0.801. The Bertz CT molecular complexity index is 636. The lowest BCUT2D eigenvalue weighted by molar-refractivity contribution is 0.438. The molecule has 112 valence electrons. The summed E-state index contributed by atoms with van der Waals surface area (Å²) in [7, 11) is 3.73. The van der Waals surface area contributed by atoms with Gasteiger partial charge in [0.05, 0.1) is 4.47 Å². The Morgan fingerprint density at radius 3 is 2.57 bits per heavy atom. The third-order valence-corrected chi connectivity index (χ3v) is 3.55. The molecule has 0 aliphatic heterocycles. The monoisotopic (exact) mass is 415 g/mol. The van der Waals surface area contributed by atoms with Gasteiger partial charge in [-0.15, -0.1) is 0 Å². The summed E-state index contributed by atoms with van der Waals surface area (Å²) in [6, 6.07) is 5.86. The van der Waals surface area contributed by atoms with Gasteiger partial charge in [0.2, 0.25) is 11.9 Å². The molecule has 0 radical (unpaired) electrons. The van der Waals surface area contributed by atoms with Gasteiger partial charge in [0.25, 0.3) is 0 Å². The predicted molar refractivity (Wildman–Crippen MR) is 90.2 cm³/mol. The molecule has 21 heavy (non-hydrogen) atoms. The van der Waals surface area contributed by atoms with Gasteiger partial charge in [-0.25, -0.2) is 0 Å². The molecule has 0 aliphatic carbocycles. The predicted octanol–water partition coefficient (Wildman–Crippen LogP) is 3.69. The summed E-state index contributed by atoms with van der Waals surface area (Å²) >= 11 is 6.85. The molecular formula is C13H15Br2N5O. The minimum atomic E-state index is 0.243. The third kappa shape index (κ3) is 4.28. The molecule has 0 unspecified atom stereocenters. The number of anilines is 2. The Balaban J connectivity index is 2.33. The van der Waals surface area contributed by atoms with Crippen LogP contribution in [-0.2, 0) is 0 Å². The van der Waals surface area contributed by atoms with Crippen LogP contribution in [0.3, 0.4) is 0 Å². The Morgan fingerprint density at radius 2 is 1.95 bits per heavy atom. The van der Waals surface area contributed by atoms with Crippen molar-refractivity contribution in [1.29, 1.82) is 0 Å². The van der Waals surface area contributed by atoms with E-state index in [1.54, 1.807) is 4.90 Å². The van der Waals surface area contributed by atoms with Gasteiger partial charge in [-0.2, -0.15) is 15.0 Å². The van der Waals surface area contributed by atoms with Crippen LogP contribution in [0.2, 0.25) is 0 Å². The number of benzene rings is 1. The highest BCUT2D eigenvalue weighted by molar-refractivity contribution is 9.11. The topological polar surface area (TPSA) is 63.2 Å². The van der Waals surface area contributed by atoms with Gasteiger partial charge < -0.3 is 15.0 Å². The number of aromatic nitrogens is 3. The van der Waals surface area contributed by atoms with Crippen molar-refractivity contribution in [2.45, 2.75) is 6.92 Å². The van der Waals surface area contributed by atoms with E-state index in [4.69, 9.17) is 4.74 Å². The first-order chi connectivity index (χ1) is 9.99. The smallest absolute Gasteiger partial charge is 0.328 e. The maximum Gasteiger partial charge on any atom is 0.328 e. The van der Waals surface area contributed by atoms with E-state index in [0.29, 0.717) is 17.6 Å². The van der Waals surface area contributed by atoms with Gasteiger partial charge in [0.15, 0.2) is 0 Å². The molecule has 1 aromatic carbocycles. The first-order valence-electron chi connectivity index (χ1n) is 6.29. The zero-order valence-corrected chi connectivity index (χ0v) is 15.1. The van der Waals surface area contributed by atoms with E-state index in [-0.39, 0.29) is 6.01 Å². The highest BCUT2D eigenvalue weighted by Crippen LogP contribution is 2.31. The van der Waals surface area contributed by atoms with Gasteiger partial charge in [-0.1, -0.05) is 15.9 Å². The molecular weight excluding hydrogens is 402 g/mol. The average Bonchev–Trinajstić information content (AvgIpc) is 2.42. The van der Waals surface area contributed by atoms with E-state index in [2.05, 4.69) is 52.1 Å². The minimum Gasteiger partial charge on any atom is -0.423 e. The Hall–Kier alpha value is -1.41. The molecule has 2 aromatic rings. The van der Waals surface area contributed by atoms with Gasteiger partial charge in [0, 0.05) is 25.1 Å². The molecule has 0 bridgehead atoms. The van der Waals surface area contributed by atoms with Crippen molar-refractivity contribution in [3.63, 3.8) is 0 Å². The van der Waals surface area contributed by atoms with E-state index in [1.807, 2.05) is 39.2 Å². The van der Waals surface area contributed by atoms with Crippen LogP contribution in [0.15, 0.2) is 27.1 Å². The lowest BCUT2D eigenvalue weighted by Gasteiger charge is -2.13. The summed E-state index contributed by atoms with van der Waals surface area (Å²) in [6.45, 7) is 2.70. The molecule has 2 rings (SSSR count). The number of nitrogens with one attached hydrogen (secondary N) is 1. The van der Waals surface area contributed by atoms with Crippen molar-refractivity contribution in [3.8, 4) is 11.8 Å². The molecule has 0 amide bonds. The fourth-order valence-electron chi connectivity index (χ4n) is 1.49. The first kappa shape index (κ1) is 16.0. The number of halogens is 2. The summed E-state index contributed by atoms with van der Waals surface area (Å²) in [5, 5.41) is 3.06. The average molecular weight is 417 g/mol. The Labute approximate surface area is 140 Å². The molecule has 0 saturated carbocycles. The second-order valence-electron chi connectivity index (χ2n) is 4.34. The van der Waals surface area contributed by atoms with Crippen LogP contribution in [0.4, 0.5) is 11.9 Å². The SMILES string of the molecule is CCNc1nc(Oc2ccc(Br)cc2Br)nc(N(C)C)n1. The molecule has 1 heterocycles. The fraction of sp³-hybridized carbons (Fsp3) is 0.308. The zero-order chi connectivity index (χ0) is 15.4. The van der Waals surface area contributed by atoms with Crippen molar-refractivity contribution in [3.05, 3.63) is 27.1 Å². The van der Waals surface area contributed by atoms with Crippen LogP contribution in [0.5, 0.6) is 11.8 Å². The lowest BCUT2D eigenvalue weighted by Crippen LogP contribution is -2.15. The van der Waals surface area contributed by atoms with E-state index in [0.717, 1.165) is 15.5 Å². The van der Waals surface area contributed by atoms with Crippen molar-refractivity contribution in [2.24, 2.45) is 0 Å². The highest BCUT2D eigenvalue weighted by Gasteiger charge is 2.11. The standard InChI is InChI=1S/C13H15Br2N5O/c1-4-16-11-17-12(20(2)3)19-13(18-11)21-10-6-5-8(14)7-9(10)15/h5-7H,4H2,1-3H3,(H,16,17,18,19). The van der Waals surface area contributed by atoms with Crippen LogP contribution in [-0.4, -0.2) is 35.6 Å². The van der Waals surface area contributed by atoms with Crippen molar-refractivity contribution < 1.29 is 4.74 Å². The van der Waals surface area contributed by atoms with Gasteiger partial charge in [-0.3, -0.25) is 0 Å². The van der Waals surface area contributed by atoms with Crippen molar-refractivity contribution in [1.82, 2.24) is 15.0 Å². The van der Waals surface area contributed by atoms with Gasteiger partial charge in [0.1, 0.15) is 5.75 Å². The molecule has 6 nitrogen and oxygen atoms in total. The second-order valence-corrected chi connectivity index (χ2v) is 6.11. The summed E-state index contributed by atoms with van der Waals surface area (Å²) in [6.07, 6.45) is 0. The fourth-order valence-corrected chi connectivity index (χ4v) is 2.61. The van der Waals surface area contributed by atoms with Crippen LogP contribution in [0.1, 0.15) is 6.92 Å². The highest BCUT2D eigenvalue weighted by atomic mass is 79.9. The maximum absolute atomic E-state index is 5.75. The van der Waals surface area contributed by atoms with Gasteiger partial charge in [-0.05, 0) is 41.1 Å². The van der Waals surface area contributed by atoms with Crippen molar-refractivity contribution >= 4 is 43.8 Å². The molecule has 0 saturated heterocycles. The Morgan fingerprint density at radius 1 is 1.19 bits per heavy atom. The van der Waals surface area contributed by atoms with E-state index >= 15 is 0 Å². The zero-order valence-electron chi connectivity index (χ0n) is 11.9. The summed E-state index contributed by atoms with van der Waals surface area (Å²) < 4.78 is 7.52. The van der Waals surface area contributed by atoms with Crippen molar-refractivity contribution in [2.75, 3.05) is 30.9 Å². The largest absolute Gasteiger partial charge is 0.423 e. The first-order valence-corrected chi connectivity index (χ1v) is 7.88. The Kier molecular flexibility index (Phi) is 5.35. The maximum atomic E-state index is 5.75. The number of nitrogens with zero attached hydrogens (tertiary/aromatic N) is 4. The molecule has 0 aliphatic rings. The number of rotatable bonds is 5. The molecule has 8 heteroatoms. The molecule has 1 aromatic heterocycles.